The van der Waals surface area contributed by atoms with Gasteiger partial charge in [0.2, 0.25) is 5.91 Å². The Balaban J connectivity index is 2.11. The monoisotopic (exact) mass is 395 g/mol. The van der Waals surface area contributed by atoms with Gasteiger partial charge in [0, 0.05) is 12.1 Å². The lowest BCUT2D eigenvalue weighted by Crippen LogP contribution is -2.62. The number of benzene rings is 1. The highest BCUT2D eigenvalue weighted by molar-refractivity contribution is 5.90. The SMILES string of the molecule is CC(C)CC(=O)N[C@H]1C(=NOC(=O)Nc2ccccc2)O[C@H](CO)[C@@H](O)[C@@H]1O. The van der Waals surface area contributed by atoms with E-state index in [1.165, 1.54) is 0 Å². The molecule has 1 aliphatic rings. The predicted octanol–water partition coefficient (Wildman–Crippen LogP) is 0.192. The molecule has 0 aromatic heterocycles. The first kappa shape index (κ1) is 21.6. The first-order valence-corrected chi connectivity index (χ1v) is 8.85. The average Bonchev–Trinajstić information content (AvgIpc) is 2.65. The maximum Gasteiger partial charge on any atom is 0.437 e. The summed E-state index contributed by atoms with van der Waals surface area (Å²) >= 11 is 0. The number of carbonyl (C=O) groups is 2. The zero-order chi connectivity index (χ0) is 20.7. The molecule has 28 heavy (non-hydrogen) atoms. The fraction of sp³-hybridized carbons (Fsp3) is 0.500. The van der Waals surface area contributed by atoms with Crippen LogP contribution in [-0.4, -0.2) is 64.2 Å². The van der Waals surface area contributed by atoms with Crippen molar-refractivity contribution in [1.82, 2.24) is 5.32 Å². The summed E-state index contributed by atoms with van der Waals surface area (Å²) in [4.78, 5) is 28.7. The van der Waals surface area contributed by atoms with Gasteiger partial charge >= 0.3 is 6.09 Å². The van der Waals surface area contributed by atoms with Gasteiger partial charge in [-0.15, -0.1) is 0 Å². The van der Waals surface area contributed by atoms with E-state index in [1.807, 2.05) is 13.8 Å². The number of para-hydroxylation sites is 1. The third-order valence-corrected chi connectivity index (χ3v) is 3.94. The quantitative estimate of drug-likeness (QED) is 0.341. The molecule has 0 bridgehead atoms. The molecule has 10 nitrogen and oxygen atoms in total. The fourth-order valence-electron chi connectivity index (χ4n) is 2.58. The molecule has 0 spiro atoms. The van der Waals surface area contributed by atoms with Crippen LogP contribution in [0.2, 0.25) is 0 Å². The minimum absolute atomic E-state index is 0.0602. The van der Waals surface area contributed by atoms with Gasteiger partial charge in [-0.1, -0.05) is 32.0 Å². The molecule has 0 saturated carbocycles. The Kier molecular flexibility index (Phi) is 7.73. The van der Waals surface area contributed by atoms with Crippen molar-refractivity contribution >= 4 is 23.6 Å². The number of aliphatic hydroxyl groups excluding tert-OH is 3. The summed E-state index contributed by atoms with van der Waals surface area (Å²) in [6, 6.07) is 7.25. The molecule has 1 aromatic rings. The molecule has 5 N–H and O–H groups in total. The smallest absolute Gasteiger partial charge is 0.437 e. The van der Waals surface area contributed by atoms with E-state index in [-0.39, 0.29) is 18.2 Å². The number of nitrogens with one attached hydrogen (secondary N) is 2. The Morgan fingerprint density at radius 1 is 1.21 bits per heavy atom. The van der Waals surface area contributed by atoms with Gasteiger partial charge in [0.25, 0.3) is 5.90 Å². The van der Waals surface area contributed by atoms with Crippen molar-refractivity contribution < 1.29 is 34.5 Å². The zero-order valence-electron chi connectivity index (χ0n) is 15.6. The highest BCUT2D eigenvalue weighted by atomic mass is 16.7. The van der Waals surface area contributed by atoms with Crippen molar-refractivity contribution in [2.45, 2.75) is 44.6 Å². The lowest BCUT2D eigenvalue weighted by Gasteiger charge is -2.37. The van der Waals surface area contributed by atoms with Gasteiger partial charge in [-0.3, -0.25) is 14.9 Å². The molecule has 4 atom stereocenters. The number of oxime groups is 1. The van der Waals surface area contributed by atoms with Crippen LogP contribution in [0.25, 0.3) is 0 Å². The molecule has 1 saturated heterocycles. The van der Waals surface area contributed by atoms with Crippen molar-refractivity contribution in [3.8, 4) is 0 Å². The number of hydrogen-bond donors (Lipinski definition) is 5. The summed E-state index contributed by atoms with van der Waals surface area (Å²) in [6.45, 7) is 3.08. The molecular formula is C18H25N3O7. The summed E-state index contributed by atoms with van der Waals surface area (Å²) in [5.74, 6) is -0.680. The first-order chi connectivity index (χ1) is 13.3. The Hall–Kier alpha value is -2.69. The number of amides is 2. The molecule has 1 aliphatic heterocycles. The molecule has 0 radical (unpaired) electrons. The van der Waals surface area contributed by atoms with Gasteiger partial charge in [0.15, 0.2) is 6.10 Å². The third-order valence-electron chi connectivity index (χ3n) is 3.94. The fourth-order valence-corrected chi connectivity index (χ4v) is 2.58. The Labute approximate surface area is 162 Å². The second-order valence-electron chi connectivity index (χ2n) is 6.76. The topological polar surface area (TPSA) is 150 Å². The molecule has 1 aromatic carbocycles. The van der Waals surface area contributed by atoms with Crippen LogP contribution in [-0.2, 0) is 14.4 Å². The number of anilines is 1. The molecule has 1 heterocycles. The van der Waals surface area contributed by atoms with E-state index in [0.717, 1.165) is 0 Å². The minimum atomic E-state index is -1.51. The Morgan fingerprint density at radius 3 is 2.50 bits per heavy atom. The number of nitrogens with zero attached hydrogens (tertiary/aromatic N) is 1. The van der Waals surface area contributed by atoms with Crippen LogP contribution >= 0.6 is 0 Å². The molecule has 10 heteroatoms. The molecular weight excluding hydrogens is 370 g/mol. The Morgan fingerprint density at radius 2 is 1.89 bits per heavy atom. The number of aliphatic hydroxyl groups is 3. The van der Waals surface area contributed by atoms with E-state index >= 15 is 0 Å². The number of hydrogen-bond acceptors (Lipinski definition) is 8. The molecule has 0 unspecified atom stereocenters. The van der Waals surface area contributed by atoms with Crippen molar-refractivity contribution in [3.63, 3.8) is 0 Å². The maximum atomic E-state index is 12.1. The van der Waals surface area contributed by atoms with Crippen molar-refractivity contribution in [2.24, 2.45) is 11.1 Å². The van der Waals surface area contributed by atoms with Gasteiger partial charge in [0.05, 0.1) is 6.61 Å². The summed E-state index contributed by atoms with van der Waals surface area (Å²) in [5, 5.41) is 38.1. The maximum absolute atomic E-state index is 12.1. The second kappa shape index (κ2) is 10.0. The van der Waals surface area contributed by atoms with Gasteiger partial charge in [-0.25, -0.2) is 4.79 Å². The van der Waals surface area contributed by atoms with Gasteiger partial charge < -0.3 is 25.4 Å². The molecule has 1 fully saturated rings. The van der Waals surface area contributed by atoms with Gasteiger partial charge in [0.1, 0.15) is 18.2 Å². The Bertz CT molecular complexity index is 696. The van der Waals surface area contributed by atoms with Crippen LogP contribution in [0.5, 0.6) is 0 Å². The summed E-state index contributed by atoms with van der Waals surface area (Å²) < 4.78 is 5.31. The van der Waals surface area contributed by atoms with E-state index < -0.39 is 43.0 Å². The van der Waals surface area contributed by atoms with Crippen LogP contribution in [0.4, 0.5) is 10.5 Å². The van der Waals surface area contributed by atoms with E-state index in [1.54, 1.807) is 30.3 Å². The van der Waals surface area contributed by atoms with E-state index in [0.29, 0.717) is 5.69 Å². The first-order valence-electron chi connectivity index (χ1n) is 8.85. The zero-order valence-corrected chi connectivity index (χ0v) is 15.6. The number of ether oxygens (including phenoxy) is 1. The molecule has 2 rings (SSSR count). The average molecular weight is 395 g/mol. The third kappa shape index (κ3) is 5.91. The lowest BCUT2D eigenvalue weighted by molar-refractivity contribution is -0.128. The van der Waals surface area contributed by atoms with Crippen LogP contribution in [0.15, 0.2) is 35.5 Å². The van der Waals surface area contributed by atoms with Crippen LogP contribution < -0.4 is 10.6 Å². The van der Waals surface area contributed by atoms with Gasteiger partial charge in [-0.2, -0.15) is 0 Å². The van der Waals surface area contributed by atoms with E-state index in [4.69, 9.17) is 9.57 Å². The minimum Gasteiger partial charge on any atom is -0.468 e. The predicted molar refractivity (Wildman–Crippen MR) is 99.3 cm³/mol. The summed E-state index contributed by atoms with van der Waals surface area (Å²) in [7, 11) is 0. The van der Waals surface area contributed by atoms with Crippen molar-refractivity contribution in [3.05, 3.63) is 30.3 Å². The van der Waals surface area contributed by atoms with Crippen LogP contribution in [0, 0.1) is 5.92 Å². The summed E-state index contributed by atoms with van der Waals surface area (Å²) in [6.07, 6.45) is -4.91. The molecule has 154 valence electrons. The second-order valence-corrected chi connectivity index (χ2v) is 6.76. The lowest BCUT2D eigenvalue weighted by atomic mass is 9.97. The molecule has 2 amide bonds. The van der Waals surface area contributed by atoms with Crippen molar-refractivity contribution in [1.29, 1.82) is 0 Å². The normalized spacial score (nSPS) is 25.9. The number of rotatable bonds is 6. The van der Waals surface area contributed by atoms with Crippen LogP contribution in [0.1, 0.15) is 20.3 Å². The highest BCUT2D eigenvalue weighted by Crippen LogP contribution is 2.19. The van der Waals surface area contributed by atoms with Crippen molar-refractivity contribution in [2.75, 3.05) is 11.9 Å². The molecule has 0 aliphatic carbocycles. The number of carbonyl (C=O) groups excluding carboxylic acids is 2. The highest BCUT2D eigenvalue weighted by Gasteiger charge is 2.44. The summed E-state index contributed by atoms with van der Waals surface area (Å²) in [5.41, 5.74) is 0.475. The van der Waals surface area contributed by atoms with E-state index in [9.17, 15) is 24.9 Å². The largest absolute Gasteiger partial charge is 0.468 e. The van der Waals surface area contributed by atoms with E-state index in [2.05, 4.69) is 15.8 Å². The van der Waals surface area contributed by atoms with Gasteiger partial charge in [-0.05, 0) is 23.2 Å². The standard InChI is InChI=1S/C18H25N3O7/c1-10(2)8-13(23)20-14-16(25)15(24)12(9-22)27-17(14)21-28-18(26)19-11-6-4-3-5-7-11/h3-7,10,12,14-16,22,24-25H,8-9H2,1-2H3,(H,19,26)(H,20,23)/t12-,14-,15-,16-/m1/s1. The van der Waals surface area contributed by atoms with Crippen LogP contribution in [0.3, 0.4) is 0 Å².